The molecule has 0 spiro atoms. The first-order valence-corrected chi connectivity index (χ1v) is 10.9. The average molecular weight is 460 g/mol. The van der Waals surface area contributed by atoms with Crippen LogP contribution in [0.4, 0.5) is 5.69 Å². The molecule has 3 rings (SSSR count). The molecule has 0 saturated heterocycles. The number of para-hydroxylation sites is 2. The van der Waals surface area contributed by atoms with Gasteiger partial charge in [0.15, 0.2) is 6.61 Å². The van der Waals surface area contributed by atoms with E-state index in [4.69, 9.17) is 16.3 Å². The fraction of sp³-hybridized carbons (Fsp3) is 0.0476. The molecule has 0 saturated carbocycles. The van der Waals surface area contributed by atoms with Crippen LogP contribution in [0, 0.1) is 0 Å². The fourth-order valence-corrected chi connectivity index (χ4v) is 3.82. The molecule has 0 aliphatic heterocycles. The standard InChI is InChI=1S/C21H18ClN3O5S/c22-18-11-4-5-12-19(18)25-31(28,29)17-10-6-7-15(13-17)21(27)24-23-20(26)14-30-16-8-2-1-3-9-16/h1-13,25H,14H2,(H,23,26)(H,24,27). The molecule has 31 heavy (non-hydrogen) atoms. The van der Waals surface area contributed by atoms with Crippen LogP contribution in [-0.2, 0) is 14.8 Å². The number of carbonyl (C=O) groups is 2. The summed E-state index contributed by atoms with van der Waals surface area (Å²) in [5.74, 6) is -0.767. The van der Waals surface area contributed by atoms with Crippen molar-refractivity contribution in [3.8, 4) is 5.75 Å². The lowest BCUT2D eigenvalue weighted by Gasteiger charge is -2.11. The van der Waals surface area contributed by atoms with Crippen LogP contribution in [-0.4, -0.2) is 26.8 Å². The number of amides is 2. The molecule has 8 nitrogen and oxygen atoms in total. The number of hydrogen-bond acceptors (Lipinski definition) is 5. The van der Waals surface area contributed by atoms with Gasteiger partial charge in [-0.3, -0.25) is 25.2 Å². The Bertz CT molecular complexity index is 1190. The predicted octanol–water partition coefficient (Wildman–Crippen LogP) is 2.98. The molecule has 0 radical (unpaired) electrons. The zero-order chi connectivity index (χ0) is 22.3. The van der Waals surface area contributed by atoms with Gasteiger partial charge in [0, 0.05) is 5.56 Å². The third-order valence-corrected chi connectivity index (χ3v) is 5.65. The number of ether oxygens (including phenoxy) is 1. The molecule has 0 atom stereocenters. The summed E-state index contributed by atoms with van der Waals surface area (Å²) in [4.78, 5) is 24.0. The van der Waals surface area contributed by atoms with E-state index in [9.17, 15) is 18.0 Å². The second-order valence-electron chi connectivity index (χ2n) is 6.22. The number of benzene rings is 3. The third kappa shape index (κ3) is 6.21. The smallest absolute Gasteiger partial charge is 0.276 e. The van der Waals surface area contributed by atoms with Gasteiger partial charge < -0.3 is 4.74 Å². The molecule has 0 aliphatic rings. The van der Waals surface area contributed by atoms with E-state index in [1.54, 1.807) is 42.5 Å². The van der Waals surface area contributed by atoms with Gasteiger partial charge in [0.25, 0.3) is 21.8 Å². The number of hydrogen-bond donors (Lipinski definition) is 3. The summed E-state index contributed by atoms with van der Waals surface area (Å²) >= 11 is 5.99. The highest BCUT2D eigenvalue weighted by Crippen LogP contribution is 2.24. The van der Waals surface area contributed by atoms with Crippen molar-refractivity contribution in [1.29, 1.82) is 0 Å². The highest BCUT2D eigenvalue weighted by atomic mass is 35.5. The van der Waals surface area contributed by atoms with Crippen LogP contribution in [0.25, 0.3) is 0 Å². The third-order valence-electron chi connectivity index (χ3n) is 3.95. The highest BCUT2D eigenvalue weighted by Gasteiger charge is 2.18. The second-order valence-corrected chi connectivity index (χ2v) is 8.31. The van der Waals surface area contributed by atoms with Crippen molar-refractivity contribution in [2.45, 2.75) is 4.90 Å². The van der Waals surface area contributed by atoms with Gasteiger partial charge in [0.05, 0.1) is 15.6 Å². The summed E-state index contributed by atoms with van der Waals surface area (Å²) in [6.45, 7) is -0.305. The Balaban J connectivity index is 1.60. The predicted molar refractivity (Wildman–Crippen MR) is 116 cm³/mol. The molecular weight excluding hydrogens is 442 g/mol. The number of sulfonamides is 1. The molecule has 10 heteroatoms. The number of nitrogens with one attached hydrogen (secondary N) is 3. The number of carbonyl (C=O) groups excluding carboxylic acids is 2. The van der Waals surface area contributed by atoms with Gasteiger partial charge in [-0.05, 0) is 42.5 Å². The Morgan fingerprint density at radius 1 is 0.871 bits per heavy atom. The summed E-state index contributed by atoms with van der Waals surface area (Å²) in [7, 11) is -3.98. The van der Waals surface area contributed by atoms with E-state index < -0.39 is 21.8 Å². The second kappa shape index (κ2) is 9.96. The summed E-state index contributed by atoms with van der Waals surface area (Å²) in [6, 6.07) is 20.4. The van der Waals surface area contributed by atoms with Gasteiger partial charge in [0.1, 0.15) is 5.75 Å². The largest absolute Gasteiger partial charge is 0.484 e. The van der Waals surface area contributed by atoms with Crippen LogP contribution in [0.3, 0.4) is 0 Å². The maximum Gasteiger partial charge on any atom is 0.276 e. The Hall–Kier alpha value is -3.56. The molecule has 3 N–H and O–H groups in total. The molecular formula is C21H18ClN3O5S. The molecule has 2 amide bonds. The van der Waals surface area contributed by atoms with Crippen LogP contribution in [0.1, 0.15) is 10.4 Å². The maximum atomic E-state index is 12.6. The lowest BCUT2D eigenvalue weighted by Crippen LogP contribution is -2.43. The minimum atomic E-state index is -3.98. The van der Waals surface area contributed by atoms with Crippen LogP contribution in [0.5, 0.6) is 5.75 Å². The van der Waals surface area contributed by atoms with Crippen molar-refractivity contribution in [2.75, 3.05) is 11.3 Å². The molecule has 0 unspecified atom stereocenters. The van der Waals surface area contributed by atoms with Crippen LogP contribution in [0.15, 0.2) is 83.8 Å². The van der Waals surface area contributed by atoms with Crippen molar-refractivity contribution in [1.82, 2.24) is 10.9 Å². The topological polar surface area (TPSA) is 114 Å². The van der Waals surface area contributed by atoms with Gasteiger partial charge >= 0.3 is 0 Å². The van der Waals surface area contributed by atoms with Crippen molar-refractivity contribution in [2.24, 2.45) is 0 Å². The lowest BCUT2D eigenvalue weighted by molar-refractivity contribution is -0.123. The number of anilines is 1. The molecule has 160 valence electrons. The quantitative estimate of drug-likeness (QED) is 0.470. The van der Waals surface area contributed by atoms with Crippen LogP contribution < -0.4 is 20.3 Å². The van der Waals surface area contributed by atoms with Gasteiger partial charge in [-0.25, -0.2) is 8.42 Å². The van der Waals surface area contributed by atoms with E-state index in [2.05, 4.69) is 15.6 Å². The van der Waals surface area contributed by atoms with E-state index in [1.165, 1.54) is 30.3 Å². The average Bonchev–Trinajstić information content (AvgIpc) is 2.78. The number of halogens is 1. The normalized spacial score (nSPS) is 10.7. The highest BCUT2D eigenvalue weighted by molar-refractivity contribution is 7.92. The summed E-state index contributed by atoms with van der Waals surface area (Å²) in [6.07, 6.45) is 0. The van der Waals surface area contributed by atoms with Gasteiger partial charge in [0.2, 0.25) is 0 Å². The minimum Gasteiger partial charge on any atom is -0.484 e. The number of rotatable bonds is 7. The number of hydrazine groups is 1. The Morgan fingerprint density at radius 2 is 1.58 bits per heavy atom. The van der Waals surface area contributed by atoms with Crippen molar-refractivity contribution in [3.63, 3.8) is 0 Å². The lowest BCUT2D eigenvalue weighted by atomic mass is 10.2. The van der Waals surface area contributed by atoms with E-state index in [-0.39, 0.29) is 27.8 Å². The van der Waals surface area contributed by atoms with E-state index in [1.807, 2.05) is 6.07 Å². The fourth-order valence-electron chi connectivity index (χ4n) is 2.45. The monoisotopic (exact) mass is 459 g/mol. The van der Waals surface area contributed by atoms with E-state index in [0.29, 0.717) is 5.75 Å². The molecule has 3 aromatic carbocycles. The Kier molecular flexibility index (Phi) is 7.11. The van der Waals surface area contributed by atoms with Crippen LogP contribution in [0.2, 0.25) is 5.02 Å². The first-order chi connectivity index (χ1) is 14.8. The van der Waals surface area contributed by atoms with Gasteiger partial charge in [-0.15, -0.1) is 0 Å². The molecule has 0 heterocycles. The molecule has 3 aromatic rings. The Labute approximate surface area is 184 Å². The SMILES string of the molecule is O=C(COc1ccccc1)NNC(=O)c1cccc(S(=O)(=O)Nc2ccccc2Cl)c1. The van der Waals surface area contributed by atoms with E-state index in [0.717, 1.165) is 0 Å². The molecule has 0 aromatic heterocycles. The molecule has 0 bridgehead atoms. The summed E-state index contributed by atoms with van der Waals surface area (Å²) in [5, 5.41) is 0.236. The van der Waals surface area contributed by atoms with Gasteiger partial charge in [-0.1, -0.05) is 48.0 Å². The molecule has 0 aliphatic carbocycles. The summed E-state index contributed by atoms with van der Waals surface area (Å²) < 4.78 is 32.9. The van der Waals surface area contributed by atoms with E-state index >= 15 is 0 Å². The maximum absolute atomic E-state index is 12.6. The van der Waals surface area contributed by atoms with Crippen molar-refractivity contribution in [3.05, 3.63) is 89.4 Å². The van der Waals surface area contributed by atoms with Crippen molar-refractivity contribution >= 4 is 39.1 Å². The minimum absolute atomic E-state index is 0.0336. The van der Waals surface area contributed by atoms with Crippen LogP contribution >= 0.6 is 11.6 Å². The summed E-state index contributed by atoms with van der Waals surface area (Å²) in [5.41, 5.74) is 4.67. The van der Waals surface area contributed by atoms with Gasteiger partial charge in [-0.2, -0.15) is 0 Å². The first kappa shape index (κ1) is 22.1. The van der Waals surface area contributed by atoms with Crippen molar-refractivity contribution < 1.29 is 22.7 Å². The zero-order valence-electron chi connectivity index (χ0n) is 16.0. The molecule has 0 fully saturated rings. The Morgan fingerprint density at radius 3 is 2.32 bits per heavy atom. The zero-order valence-corrected chi connectivity index (χ0v) is 17.6. The first-order valence-electron chi connectivity index (χ1n) is 8.99.